The lowest BCUT2D eigenvalue weighted by atomic mass is 9.90. The Kier molecular flexibility index (Phi) is 4.08. The molecule has 94 valence electrons. The van der Waals surface area contributed by atoms with Crippen LogP contribution < -0.4 is 0 Å². The molecular weight excluding hydrogens is 234 g/mol. The second-order valence-electron chi connectivity index (χ2n) is 4.91. The minimum Gasteiger partial charge on any atom is -0.381 e. The topological polar surface area (TPSA) is 12.5 Å². The third-order valence-corrected chi connectivity index (χ3v) is 4.08. The Morgan fingerprint density at radius 2 is 2.12 bits per heavy atom. The molecule has 0 aliphatic carbocycles. The van der Waals surface area contributed by atoms with Crippen molar-refractivity contribution in [2.45, 2.75) is 38.0 Å². The molecule has 1 heterocycles. The first-order valence-electron chi connectivity index (χ1n) is 6.12. The van der Waals surface area contributed by atoms with Gasteiger partial charge >= 0.3 is 0 Å². The molecule has 0 bridgehead atoms. The average molecular weight is 254 g/mol. The fourth-order valence-electron chi connectivity index (χ4n) is 2.64. The molecule has 0 amide bonds. The van der Waals surface area contributed by atoms with Gasteiger partial charge in [-0.1, -0.05) is 23.7 Å². The number of rotatable bonds is 2. The molecule has 1 aromatic rings. The summed E-state index contributed by atoms with van der Waals surface area (Å²) in [4.78, 5) is 2.42. The zero-order chi connectivity index (χ0) is 12.4. The minimum atomic E-state index is 0.352. The van der Waals surface area contributed by atoms with Crippen LogP contribution in [0.4, 0.5) is 0 Å². The predicted molar refractivity (Wildman–Crippen MR) is 71.4 cm³/mol. The number of likely N-dealkylation sites (tertiary alicyclic amines) is 1. The van der Waals surface area contributed by atoms with E-state index in [1.807, 2.05) is 12.1 Å². The second-order valence-corrected chi connectivity index (χ2v) is 5.35. The average Bonchev–Trinajstić information content (AvgIpc) is 2.32. The van der Waals surface area contributed by atoms with Crippen LogP contribution in [0.1, 0.15) is 31.4 Å². The summed E-state index contributed by atoms with van der Waals surface area (Å²) in [6, 6.07) is 9.10. The first-order chi connectivity index (χ1) is 8.11. The SMILES string of the molecule is COC1CC(C)N(C)C(c2cccc(Cl)c2)C1. The van der Waals surface area contributed by atoms with E-state index in [1.165, 1.54) is 5.56 Å². The lowest BCUT2D eigenvalue weighted by molar-refractivity contribution is -0.00595. The monoisotopic (exact) mass is 253 g/mol. The predicted octanol–water partition coefficient (Wildman–Crippen LogP) is 3.51. The van der Waals surface area contributed by atoms with Crippen LogP contribution >= 0.6 is 11.6 Å². The Bertz CT molecular complexity index is 382. The standard InChI is InChI=1S/C14H20ClNO/c1-10-7-13(17-3)9-14(16(10)2)11-5-4-6-12(15)8-11/h4-6,8,10,13-14H,7,9H2,1-3H3. The molecule has 2 rings (SSSR count). The highest BCUT2D eigenvalue weighted by atomic mass is 35.5. The van der Waals surface area contributed by atoms with Gasteiger partial charge < -0.3 is 4.74 Å². The molecule has 0 aromatic heterocycles. The van der Waals surface area contributed by atoms with Crippen molar-refractivity contribution in [1.29, 1.82) is 0 Å². The summed E-state index contributed by atoms with van der Waals surface area (Å²) in [7, 11) is 3.99. The van der Waals surface area contributed by atoms with E-state index in [0.717, 1.165) is 17.9 Å². The van der Waals surface area contributed by atoms with Crippen molar-refractivity contribution < 1.29 is 4.74 Å². The smallest absolute Gasteiger partial charge is 0.0604 e. The van der Waals surface area contributed by atoms with Crippen molar-refractivity contribution in [3.8, 4) is 0 Å². The summed E-state index contributed by atoms with van der Waals surface area (Å²) < 4.78 is 5.53. The number of hydrogen-bond donors (Lipinski definition) is 0. The number of ether oxygens (including phenoxy) is 1. The fraction of sp³-hybridized carbons (Fsp3) is 0.571. The van der Waals surface area contributed by atoms with Gasteiger partial charge in [0.2, 0.25) is 0 Å². The Labute approximate surface area is 109 Å². The number of benzene rings is 1. The van der Waals surface area contributed by atoms with Gasteiger partial charge in [0.1, 0.15) is 0 Å². The van der Waals surface area contributed by atoms with E-state index >= 15 is 0 Å². The molecule has 0 radical (unpaired) electrons. The first kappa shape index (κ1) is 12.9. The summed E-state index contributed by atoms with van der Waals surface area (Å²) in [5.74, 6) is 0. The maximum atomic E-state index is 6.07. The van der Waals surface area contributed by atoms with Crippen molar-refractivity contribution >= 4 is 11.6 Å². The lowest BCUT2D eigenvalue weighted by Gasteiger charge is -2.41. The Balaban J connectivity index is 2.23. The largest absolute Gasteiger partial charge is 0.381 e. The number of nitrogens with zero attached hydrogens (tertiary/aromatic N) is 1. The highest BCUT2D eigenvalue weighted by Gasteiger charge is 2.31. The molecule has 0 spiro atoms. The van der Waals surface area contributed by atoms with Gasteiger partial charge in [0, 0.05) is 24.2 Å². The van der Waals surface area contributed by atoms with E-state index in [0.29, 0.717) is 18.2 Å². The maximum absolute atomic E-state index is 6.07. The van der Waals surface area contributed by atoms with Crippen molar-refractivity contribution in [3.63, 3.8) is 0 Å². The molecule has 3 heteroatoms. The van der Waals surface area contributed by atoms with Crippen LogP contribution in [-0.4, -0.2) is 31.2 Å². The van der Waals surface area contributed by atoms with Crippen molar-refractivity contribution in [3.05, 3.63) is 34.9 Å². The van der Waals surface area contributed by atoms with Crippen molar-refractivity contribution in [2.24, 2.45) is 0 Å². The molecule has 2 nitrogen and oxygen atoms in total. The lowest BCUT2D eigenvalue weighted by Crippen LogP contribution is -2.42. The first-order valence-corrected chi connectivity index (χ1v) is 6.49. The van der Waals surface area contributed by atoms with E-state index in [-0.39, 0.29) is 0 Å². The summed E-state index contributed by atoms with van der Waals surface area (Å²) in [6.07, 6.45) is 2.49. The maximum Gasteiger partial charge on any atom is 0.0604 e. The molecular formula is C14H20ClNO. The minimum absolute atomic E-state index is 0.352. The molecule has 3 unspecified atom stereocenters. The van der Waals surface area contributed by atoms with E-state index in [4.69, 9.17) is 16.3 Å². The van der Waals surface area contributed by atoms with E-state index in [9.17, 15) is 0 Å². The molecule has 0 saturated carbocycles. The molecule has 0 N–H and O–H groups in total. The number of halogens is 1. The van der Waals surface area contributed by atoms with Crippen LogP contribution in [0.5, 0.6) is 0 Å². The van der Waals surface area contributed by atoms with Crippen LogP contribution in [0.15, 0.2) is 24.3 Å². The Hall–Kier alpha value is -0.570. The zero-order valence-corrected chi connectivity index (χ0v) is 11.4. The van der Waals surface area contributed by atoms with Crippen LogP contribution in [0.2, 0.25) is 5.02 Å². The second kappa shape index (κ2) is 5.38. The van der Waals surface area contributed by atoms with Gasteiger partial charge in [-0.05, 0) is 44.5 Å². The third kappa shape index (κ3) is 2.82. The van der Waals surface area contributed by atoms with E-state index in [2.05, 4.69) is 31.0 Å². The summed E-state index contributed by atoms with van der Waals surface area (Å²) in [6.45, 7) is 2.25. The summed E-state index contributed by atoms with van der Waals surface area (Å²) >= 11 is 6.07. The number of hydrogen-bond acceptors (Lipinski definition) is 2. The molecule has 1 aliphatic rings. The van der Waals surface area contributed by atoms with E-state index < -0.39 is 0 Å². The van der Waals surface area contributed by atoms with Gasteiger partial charge in [0.05, 0.1) is 6.10 Å². The number of piperidine rings is 1. The highest BCUT2D eigenvalue weighted by Crippen LogP contribution is 2.34. The van der Waals surface area contributed by atoms with E-state index in [1.54, 1.807) is 7.11 Å². The number of methoxy groups -OCH3 is 1. The van der Waals surface area contributed by atoms with Crippen LogP contribution in [0.3, 0.4) is 0 Å². The van der Waals surface area contributed by atoms with Gasteiger partial charge in [-0.25, -0.2) is 0 Å². The fourth-order valence-corrected chi connectivity index (χ4v) is 2.84. The quantitative estimate of drug-likeness (QED) is 0.800. The van der Waals surface area contributed by atoms with Gasteiger partial charge in [-0.3, -0.25) is 4.90 Å². The molecule has 1 saturated heterocycles. The van der Waals surface area contributed by atoms with Gasteiger partial charge in [0.15, 0.2) is 0 Å². The summed E-state index contributed by atoms with van der Waals surface area (Å²) in [5.41, 5.74) is 1.29. The molecule has 17 heavy (non-hydrogen) atoms. The molecule has 1 fully saturated rings. The van der Waals surface area contributed by atoms with Gasteiger partial charge in [0.25, 0.3) is 0 Å². The summed E-state index contributed by atoms with van der Waals surface area (Å²) in [5, 5.41) is 0.808. The molecule has 1 aliphatic heterocycles. The third-order valence-electron chi connectivity index (χ3n) is 3.84. The van der Waals surface area contributed by atoms with Gasteiger partial charge in [-0.2, -0.15) is 0 Å². The molecule has 1 aromatic carbocycles. The highest BCUT2D eigenvalue weighted by molar-refractivity contribution is 6.30. The Morgan fingerprint density at radius 1 is 1.35 bits per heavy atom. The van der Waals surface area contributed by atoms with Crippen molar-refractivity contribution in [2.75, 3.05) is 14.2 Å². The van der Waals surface area contributed by atoms with Gasteiger partial charge in [-0.15, -0.1) is 0 Å². The van der Waals surface area contributed by atoms with Crippen LogP contribution in [0, 0.1) is 0 Å². The Morgan fingerprint density at radius 3 is 2.76 bits per heavy atom. The zero-order valence-electron chi connectivity index (χ0n) is 10.7. The van der Waals surface area contributed by atoms with Crippen LogP contribution in [0.25, 0.3) is 0 Å². The molecule has 3 atom stereocenters. The van der Waals surface area contributed by atoms with Crippen LogP contribution in [-0.2, 0) is 4.74 Å². The normalized spacial score (nSPS) is 30.5. The van der Waals surface area contributed by atoms with Crippen molar-refractivity contribution in [1.82, 2.24) is 4.90 Å².